The Morgan fingerprint density at radius 2 is 1.79 bits per heavy atom. The highest BCUT2D eigenvalue weighted by atomic mass is 32.2. The van der Waals surface area contributed by atoms with Crippen molar-refractivity contribution >= 4 is 9.84 Å². The van der Waals surface area contributed by atoms with Gasteiger partial charge in [0.2, 0.25) is 9.84 Å². The highest BCUT2D eigenvalue weighted by Crippen LogP contribution is 2.22. The number of hydrogen-bond donors (Lipinski definition) is 0. The van der Waals surface area contributed by atoms with Crippen molar-refractivity contribution in [2.45, 2.75) is 24.5 Å². The zero-order valence-corrected chi connectivity index (χ0v) is 8.61. The summed E-state index contributed by atoms with van der Waals surface area (Å²) >= 11 is 0. The Labute approximate surface area is 81.5 Å². The first-order chi connectivity index (χ1) is 6.35. The normalized spacial score (nSPS) is 12.1. The molecule has 14 heavy (non-hydrogen) atoms. The number of hydrogen-bond acceptors (Lipinski definition) is 2. The van der Waals surface area contributed by atoms with Crippen LogP contribution in [0.2, 0.25) is 0 Å². The van der Waals surface area contributed by atoms with Crippen LogP contribution in [0.25, 0.3) is 0 Å². The van der Waals surface area contributed by atoms with Crippen LogP contribution < -0.4 is 0 Å². The fourth-order valence-electron chi connectivity index (χ4n) is 1.11. The highest BCUT2D eigenvalue weighted by molar-refractivity contribution is 7.91. The van der Waals surface area contributed by atoms with E-state index in [1.54, 1.807) is 13.0 Å². The van der Waals surface area contributed by atoms with E-state index in [2.05, 4.69) is 0 Å². The monoisotopic (exact) mass is 220 g/mol. The van der Waals surface area contributed by atoms with Gasteiger partial charge in [-0.3, -0.25) is 0 Å². The van der Waals surface area contributed by atoms with Gasteiger partial charge in [-0.2, -0.15) is 8.78 Å². The molecule has 78 valence electrons. The zero-order valence-electron chi connectivity index (χ0n) is 7.79. The summed E-state index contributed by atoms with van der Waals surface area (Å²) in [6.07, 6.45) is 0. The second-order valence-electron chi connectivity index (χ2n) is 3.07. The molecule has 0 saturated heterocycles. The average molecular weight is 220 g/mol. The molecular formula is C9H10F2O2S. The van der Waals surface area contributed by atoms with Crippen LogP contribution in [0.1, 0.15) is 11.1 Å². The second kappa shape index (κ2) is 3.65. The fraction of sp³-hybridized carbons (Fsp3) is 0.333. The lowest BCUT2D eigenvalue weighted by Crippen LogP contribution is -2.12. The maximum Gasteiger partial charge on any atom is 0.341 e. The molecule has 0 unspecified atom stereocenters. The van der Waals surface area contributed by atoms with Crippen molar-refractivity contribution in [1.29, 1.82) is 0 Å². The van der Waals surface area contributed by atoms with Crippen molar-refractivity contribution in [3.8, 4) is 0 Å². The summed E-state index contributed by atoms with van der Waals surface area (Å²) in [5.74, 6) is -3.36. The quantitative estimate of drug-likeness (QED) is 0.766. The molecule has 2 nitrogen and oxygen atoms in total. The van der Waals surface area contributed by atoms with Crippen LogP contribution in [-0.2, 0) is 9.84 Å². The van der Waals surface area contributed by atoms with E-state index >= 15 is 0 Å². The molecule has 0 heterocycles. The molecule has 0 aromatic heterocycles. The van der Waals surface area contributed by atoms with Crippen LogP contribution in [0.5, 0.6) is 0 Å². The smallest absolute Gasteiger partial charge is 0.218 e. The van der Waals surface area contributed by atoms with Gasteiger partial charge in [-0.25, -0.2) is 8.42 Å². The average Bonchev–Trinajstić information content (AvgIpc) is 2.08. The van der Waals surface area contributed by atoms with Gasteiger partial charge in [0.25, 0.3) is 0 Å². The molecule has 0 fully saturated rings. The van der Waals surface area contributed by atoms with Gasteiger partial charge in [0.1, 0.15) is 0 Å². The number of halogens is 2. The van der Waals surface area contributed by atoms with Gasteiger partial charge in [-0.15, -0.1) is 0 Å². The van der Waals surface area contributed by atoms with E-state index in [0.717, 1.165) is 0 Å². The zero-order chi connectivity index (χ0) is 10.9. The molecule has 5 heteroatoms. The Morgan fingerprint density at radius 1 is 1.21 bits per heavy atom. The van der Waals surface area contributed by atoms with Gasteiger partial charge in [0.05, 0.1) is 4.90 Å². The van der Waals surface area contributed by atoms with E-state index in [4.69, 9.17) is 0 Å². The Bertz CT molecular complexity index is 438. The van der Waals surface area contributed by atoms with Crippen molar-refractivity contribution < 1.29 is 17.2 Å². The third kappa shape index (κ3) is 1.92. The van der Waals surface area contributed by atoms with Gasteiger partial charge in [0, 0.05) is 0 Å². The van der Waals surface area contributed by atoms with E-state index in [0.29, 0.717) is 11.1 Å². The van der Waals surface area contributed by atoms with E-state index < -0.39 is 15.6 Å². The first-order valence-corrected chi connectivity index (χ1v) is 5.49. The molecule has 1 rings (SSSR count). The summed E-state index contributed by atoms with van der Waals surface area (Å²) in [5, 5.41) is 0. The Kier molecular flexibility index (Phi) is 2.89. The van der Waals surface area contributed by atoms with Crippen molar-refractivity contribution in [3.63, 3.8) is 0 Å². The maximum absolute atomic E-state index is 12.2. The number of benzene rings is 1. The first-order valence-electron chi connectivity index (χ1n) is 3.95. The number of rotatable bonds is 2. The Hall–Kier alpha value is -0.970. The molecule has 1 aromatic carbocycles. The number of sulfone groups is 1. The minimum absolute atomic E-state index is 0.285. The molecule has 0 aliphatic rings. The van der Waals surface area contributed by atoms with Crippen molar-refractivity contribution in [2.75, 3.05) is 0 Å². The van der Waals surface area contributed by atoms with Gasteiger partial charge in [-0.1, -0.05) is 12.1 Å². The fourth-order valence-corrected chi connectivity index (χ4v) is 2.17. The summed E-state index contributed by atoms with van der Waals surface area (Å²) in [5.41, 5.74) is 0.991. The van der Waals surface area contributed by atoms with Gasteiger partial charge in [-0.05, 0) is 31.0 Å². The molecular weight excluding hydrogens is 210 g/mol. The molecule has 0 amide bonds. The second-order valence-corrected chi connectivity index (χ2v) is 4.96. The van der Waals surface area contributed by atoms with Gasteiger partial charge >= 0.3 is 5.76 Å². The first kappa shape index (κ1) is 11.1. The molecule has 0 saturated carbocycles. The SMILES string of the molecule is Cc1ccc(C)c(S(=O)(=O)C(F)F)c1. The summed E-state index contributed by atoms with van der Waals surface area (Å²) in [7, 11) is -4.46. The Morgan fingerprint density at radius 3 is 2.29 bits per heavy atom. The standard InChI is InChI=1S/C9H10F2O2S/c1-6-3-4-7(2)8(5-6)14(12,13)9(10)11/h3-5,9H,1-2H3. The van der Waals surface area contributed by atoms with Crippen LogP contribution in [0.3, 0.4) is 0 Å². The summed E-state index contributed by atoms with van der Waals surface area (Å²) in [4.78, 5) is -0.285. The predicted molar refractivity (Wildman–Crippen MR) is 49.1 cm³/mol. The summed E-state index contributed by atoms with van der Waals surface area (Å²) in [6, 6.07) is 4.46. The predicted octanol–water partition coefficient (Wildman–Crippen LogP) is 2.30. The topological polar surface area (TPSA) is 34.1 Å². The molecule has 0 aliphatic carbocycles. The van der Waals surface area contributed by atoms with E-state index in [1.165, 1.54) is 19.1 Å². The van der Waals surface area contributed by atoms with Crippen LogP contribution in [0, 0.1) is 13.8 Å². The molecule has 1 aromatic rings. The van der Waals surface area contributed by atoms with Crippen LogP contribution in [0.4, 0.5) is 8.78 Å². The van der Waals surface area contributed by atoms with Crippen molar-refractivity contribution in [3.05, 3.63) is 29.3 Å². The highest BCUT2D eigenvalue weighted by Gasteiger charge is 2.27. The van der Waals surface area contributed by atoms with Crippen molar-refractivity contribution in [2.24, 2.45) is 0 Å². The third-order valence-corrected chi connectivity index (χ3v) is 3.41. The minimum Gasteiger partial charge on any atom is -0.218 e. The lowest BCUT2D eigenvalue weighted by Gasteiger charge is -2.07. The van der Waals surface area contributed by atoms with E-state index in [9.17, 15) is 17.2 Å². The molecule has 0 radical (unpaired) electrons. The molecule has 0 N–H and O–H groups in total. The largest absolute Gasteiger partial charge is 0.341 e. The van der Waals surface area contributed by atoms with Crippen LogP contribution in [0.15, 0.2) is 23.1 Å². The van der Waals surface area contributed by atoms with Gasteiger partial charge < -0.3 is 0 Å². The van der Waals surface area contributed by atoms with E-state index in [1.807, 2.05) is 0 Å². The van der Waals surface area contributed by atoms with Gasteiger partial charge in [0.15, 0.2) is 0 Å². The number of alkyl halides is 2. The summed E-state index contributed by atoms with van der Waals surface area (Å²) < 4.78 is 46.8. The summed E-state index contributed by atoms with van der Waals surface area (Å²) in [6.45, 7) is 3.15. The third-order valence-electron chi connectivity index (χ3n) is 1.88. The molecule has 0 spiro atoms. The molecule has 0 aliphatic heterocycles. The number of aryl methyl sites for hydroxylation is 2. The molecule has 0 atom stereocenters. The maximum atomic E-state index is 12.2. The Balaban J connectivity index is 3.40. The molecule has 0 bridgehead atoms. The lowest BCUT2D eigenvalue weighted by molar-refractivity contribution is 0.234. The minimum atomic E-state index is -4.46. The lowest BCUT2D eigenvalue weighted by atomic mass is 10.2. The van der Waals surface area contributed by atoms with Crippen molar-refractivity contribution in [1.82, 2.24) is 0 Å². The van der Waals surface area contributed by atoms with Crippen LogP contribution >= 0.6 is 0 Å². The van der Waals surface area contributed by atoms with Crippen LogP contribution in [-0.4, -0.2) is 14.2 Å². The van der Waals surface area contributed by atoms with E-state index in [-0.39, 0.29) is 4.90 Å².